The largest absolute Gasteiger partial charge is 0.335 e. The lowest BCUT2D eigenvalue weighted by Crippen LogP contribution is -2.17. The fourth-order valence-electron chi connectivity index (χ4n) is 3.87. The minimum atomic E-state index is 0.628. The highest BCUT2D eigenvalue weighted by Gasteiger charge is 2.15. The standard InChI is InChI=1S/C28H20N4/c29-18-21-8-6-10-23(16-21)27-17-22-9-7-14-28(26(22)19-31-27)32(25-12-2-1-3-13-25)20-24-11-4-5-15-30-24/h1-17,19H,20H2. The third-order valence-corrected chi connectivity index (χ3v) is 5.43. The van der Waals surface area contributed by atoms with Crippen molar-refractivity contribution in [3.8, 4) is 17.3 Å². The fraction of sp³-hybridized carbons (Fsp3) is 0.0357. The average molecular weight is 412 g/mol. The van der Waals surface area contributed by atoms with Gasteiger partial charge >= 0.3 is 0 Å². The molecule has 2 aromatic heterocycles. The highest BCUT2D eigenvalue weighted by Crippen LogP contribution is 2.34. The quantitative estimate of drug-likeness (QED) is 0.330. The van der Waals surface area contributed by atoms with E-state index < -0.39 is 0 Å². The number of aromatic nitrogens is 2. The number of pyridine rings is 2. The zero-order valence-corrected chi connectivity index (χ0v) is 17.4. The molecule has 32 heavy (non-hydrogen) atoms. The second-order valence-electron chi connectivity index (χ2n) is 7.50. The van der Waals surface area contributed by atoms with Crippen LogP contribution in [0.3, 0.4) is 0 Å². The molecule has 0 N–H and O–H groups in total. The molecule has 4 nitrogen and oxygen atoms in total. The van der Waals surface area contributed by atoms with Crippen molar-refractivity contribution in [2.24, 2.45) is 0 Å². The molecule has 152 valence electrons. The summed E-state index contributed by atoms with van der Waals surface area (Å²) >= 11 is 0. The van der Waals surface area contributed by atoms with Crippen LogP contribution in [-0.2, 0) is 6.54 Å². The lowest BCUT2D eigenvalue weighted by atomic mass is 10.0. The fourth-order valence-corrected chi connectivity index (χ4v) is 3.87. The number of hydrogen-bond acceptors (Lipinski definition) is 4. The summed E-state index contributed by atoms with van der Waals surface area (Å²) in [5, 5.41) is 11.4. The van der Waals surface area contributed by atoms with Crippen molar-refractivity contribution in [2.75, 3.05) is 4.90 Å². The molecule has 0 saturated heterocycles. The van der Waals surface area contributed by atoms with Gasteiger partial charge in [-0.3, -0.25) is 9.97 Å². The zero-order valence-electron chi connectivity index (χ0n) is 17.4. The first kappa shape index (κ1) is 19.5. The monoisotopic (exact) mass is 412 g/mol. The van der Waals surface area contributed by atoms with Crippen LogP contribution in [0.25, 0.3) is 22.0 Å². The van der Waals surface area contributed by atoms with Crippen molar-refractivity contribution in [3.63, 3.8) is 0 Å². The lowest BCUT2D eigenvalue weighted by Gasteiger charge is -2.26. The zero-order chi connectivity index (χ0) is 21.8. The van der Waals surface area contributed by atoms with Crippen LogP contribution in [0.5, 0.6) is 0 Å². The second-order valence-corrected chi connectivity index (χ2v) is 7.50. The van der Waals surface area contributed by atoms with Crippen molar-refractivity contribution in [1.29, 1.82) is 5.26 Å². The summed E-state index contributed by atoms with van der Waals surface area (Å²) in [6, 6.07) is 34.4. The van der Waals surface area contributed by atoms with Crippen molar-refractivity contribution in [2.45, 2.75) is 6.54 Å². The molecule has 0 atom stereocenters. The smallest absolute Gasteiger partial charge is 0.0991 e. The van der Waals surface area contributed by atoms with E-state index in [9.17, 15) is 5.26 Å². The molecule has 0 saturated carbocycles. The minimum absolute atomic E-state index is 0.628. The van der Waals surface area contributed by atoms with Gasteiger partial charge in [0, 0.05) is 29.0 Å². The first-order chi connectivity index (χ1) is 15.8. The van der Waals surface area contributed by atoms with Gasteiger partial charge in [-0.2, -0.15) is 5.26 Å². The summed E-state index contributed by atoms with van der Waals surface area (Å²) in [6.07, 6.45) is 3.75. The molecule has 5 rings (SSSR count). The van der Waals surface area contributed by atoms with Crippen LogP contribution in [0.4, 0.5) is 11.4 Å². The van der Waals surface area contributed by atoms with Gasteiger partial charge in [0.05, 0.1) is 35.3 Å². The number of nitriles is 1. The van der Waals surface area contributed by atoms with Crippen LogP contribution in [-0.4, -0.2) is 9.97 Å². The van der Waals surface area contributed by atoms with E-state index in [1.54, 1.807) is 6.07 Å². The van der Waals surface area contributed by atoms with Gasteiger partial charge in [0.15, 0.2) is 0 Å². The predicted molar refractivity (Wildman–Crippen MR) is 128 cm³/mol. The Morgan fingerprint density at radius 2 is 1.62 bits per heavy atom. The maximum atomic E-state index is 9.23. The minimum Gasteiger partial charge on any atom is -0.335 e. The van der Waals surface area contributed by atoms with E-state index in [4.69, 9.17) is 4.98 Å². The number of benzene rings is 3. The molecule has 0 fully saturated rings. The SMILES string of the molecule is N#Cc1cccc(-c2cc3cccc(N(Cc4ccccn4)c4ccccc4)c3cn2)c1. The van der Waals surface area contributed by atoms with E-state index in [0.717, 1.165) is 39.1 Å². The number of nitrogens with zero attached hydrogens (tertiary/aromatic N) is 4. The molecule has 0 bridgehead atoms. The average Bonchev–Trinajstić information content (AvgIpc) is 2.88. The van der Waals surface area contributed by atoms with Gasteiger partial charge < -0.3 is 4.90 Å². The molecule has 4 heteroatoms. The summed E-state index contributed by atoms with van der Waals surface area (Å²) in [7, 11) is 0. The number of rotatable bonds is 5. The predicted octanol–water partition coefficient (Wildman–Crippen LogP) is 6.51. The van der Waals surface area contributed by atoms with Crippen LogP contribution in [0.2, 0.25) is 0 Å². The summed E-state index contributed by atoms with van der Waals surface area (Å²) < 4.78 is 0. The molecular formula is C28H20N4. The van der Waals surface area contributed by atoms with E-state index >= 15 is 0 Å². The van der Waals surface area contributed by atoms with Crippen molar-refractivity contribution >= 4 is 22.1 Å². The van der Waals surface area contributed by atoms with Gasteiger partial charge in [-0.25, -0.2) is 0 Å². The lowest BCUT2D eigenvalue weighted by molar-refractivity contribution is 0.930. The van der Waals surface area contributed by atoms with Crippen molar-refractivity contribution < 1.29 is 0 Å². The van der Waals surface area contributed by atoms with Crippen molar-refractivity contribution in [1.82, 2.24) is 9.97 Å². The third kappa shape index (κ3) is 3.92. The van der Waals surface area contributed by atoms with Gasteiger partial charge in [0.2, 0.25) is 0 Å². The number of fused-ring (bicyclic) bond motifs is 1. The molecule has 3 aromatic carbocycles. The Hall–Kier alpha value is -4.49. The number of anilines is 2. The third-order valence-electron chi connectivity index (χ3n) is 5.43. The van der Waals surface area contributed by atoms with Crippen LogP contribution in [0, 0.1) is 11.3 Å². The summed E-state index contributed by atoms with van der Waals surface area (Å²) in [4.78, 5) is 11.5. The maximum Gasteiger partial charge on any atom is 0.0991 e. The molecule has 0 unspecified atom stereocenters. The molecule has 0 aliphatic carbocycles. The van der Waals surface area contributed by atoms with E-state index in [0.29, 0.717) is 12.1 Å². The van der Waals surface area contributed by atoms with Crippen LogP contribution in [0.15, 0.2) is 109 Å². The van der Waals surface area contributed by atoms with E-state index in [-0.39, 0.29) is 0 Å². The molecule has 0 amide bonds. The number of hydrogen-bond donors (Lipinski definition) is 0. The highest BCUT2D eigenvalue weighted by atomic mass is 15.1. The Kier molecular flexibility index (Phi) is 5.30. The van der Waals surface area contributed by atoms with Crippen LogP contribution >= 0.6 is 0 Å². The first-order valence-electron chi connectivity index (χ1n) is 10.4. The molecule has 0 spiro atoms. The Morgan fingerprint density at radius 1 is 0.781 bits per heavy atom. The van der Waals surface area contributed by atoms with Gasteiger partial charge in [0.1, 0.15) is 0 Å². The molecule has 5 aromatic rings. The highest BCUT2D eigenvalue weighted by molar-refractivity contribution is 5.97. The molecule has 0 radical (unpaired) electrons. The molecular weight excluding hydrogens is 392 g/mol. The van der Waals surface area contributed by atoms with Gasteiger partial charge in [-0.1, -0.05) is 48.5 Å². The van der Waals surface area contributed by atoms with E-state index in [1.807, 2.05) is 67.0 Å². The first-order valence-corrected chi connectivity index (χ1v) is 10.4. The summed E-state index contributed by atoms with van der Waals surface area (Å²) in [5.41, 5.74) is 5.57. The Morgan fingerprint density at radius 3 is 2.44 bits per heavy atom. The van der Waals surface area contributed by atoms with E-state index in [2.05, 4.69) is 52.4 Å². The Labute approximate surface area is 187 Å². The second kappa shape index (κ2) is 8.71. The molecule has 0 aliphatic heterocycles. The van der Waals surface area contributed by atoms with Gasteiger partial charge in [-0.15, -0.1) is 0 Å². The topological polar surface area (TPSA) is 52.8 Å². The molecule has 2 heterocycles. The summed E-state index contributed by atoms with van der Waals surface area (Å²) in [6.45, 7) is 0.649. The summed E-state index contributed by atoms with van der Waals surface area (Å²) in [5.74, 6) is 0. The Bertz CT molecular complexity index is 1410. The normalized spacial score (nSPS) is 10.6. The maximum absolute atomic E-state index is 9.23. The van der Waals surface area contributed by atoms with Gasteiger partial charge in [0.25, 0.3) is 0 Å². The van der Waals surface area contributed by atoms with Gasteiger partial charge in [-0.05, 0) is 53.9 Å². The van der Waals surface area contributed by atoms with Crippen LogP contribution in [0.1, 0.15) is 11.3 Å². The van der Waals surface area contributed by atoms with Crippen LogP contribution < -0.4 is 4.90 Å². The number of para-hydroxylation sites is 1. The Balaban J connectivity index is 1.61. The molecule has 0 aliphatic rings. The van der Waals surface area contributed by atoms with Crippen molar-refractivity contribution in [3.05, 3.63) is 121 Å². The van der Waals surface area contributed by atoms with E-state index in [1.165, 1.54) is 0 Å².